The molecule has 0 saturated heterocycles. The third kappa shape index (κ3) is 3.29. The first-order chi connectivity index (χ1) is 7.67. The number of anilines is 1. The number of rotatable bonds is 4. The maximum absolute atomic E-state index is 11.4. The topological polar surface area (TPSA) is 77.9 Å². The SMILES string of the molecule is CCCC(=O)Nc1ccc(N=[N+]=[N-])cc1C. The van der Waals surface area contributed by atoms with Crippen LogP contribution in [0.2, 0.25) is 0 Å². The molecule has 0 radical (unpaired) electrons. The van der Waals surface area contributed by atoms with E-state index in [1.165, 1.54) is 0 Å². The molecule has 5 heteroatoms. The van der Waals surface area contributed by atoms with Crippen LogP contribution in [-0.4, -0.2) is 5.91 Å². The van der Waals surface area contributed by atoms with Crippen molar-refractivity contribution in [2.24, 2.45) is 5.11 Å². The van der Waals surface area contributed by atoms with Gasteiger partial charge in [0.05, 0.1) is 0 Å². The fraction of sp³-hybridized carbons (Fsp3) is 0.364. The molecule has 0 aromatic heterocycles. The summed E-state index contributed by atoms with van der Waals surface area (Å²) in [6.45, 7) is 3.81. The van der Waals surface area contributed by atoms with Gasteiger partial charge in [-0.3, -0.25) is 4.79 Å². The lowest BCUT2D eigenvalue weighted by Crippen LogP contribution is -2.11. The van der Waals surface area contributed by atoms with E-state index in [1.807, 2.05) is 13.8 Å². The van der Waals surface area contributed by atoms with Gasteiger partial charge in [0.15, 0.2) is 0 Å². The zero-order chi connectivity index (χ0) is 12.0. The molecule has 1 aromatic rings. The third-order valence-corrected chi connectivity index (χ3v) is 2.12. The number of hydrogen-bond donors (Lipinski definition) is 1. The van der Waals surface area contributed by atoms with Crippen molar-refractivity contribution >= 4 is 17.3 Å². The second-order valence-electron chi connectivity index (χ2n) is 3.49. The zero-order valence-corrected chi connectivity index (χ0v) is 9.40. The highest BCUT2D eigenvalue weighted by Gasteiger charge is 2.03. The number of carbonyl (C=O) groups excluding carboxylic acids is 1. The van der Waals surface area contributed by atoms with Gasteiger partial charge in [0.2, 0.25) is 5.91 Å². The maximum Gasteiger partial charge on any atom is 0.224 e. The zero-order valence-electron chi connectivity index (χ0n) is 9.40. The molecular weight excluding hydrogens is 204 g/mol. The first-order valence-electron chi connectivity index (χ1n) is 5.13. The smallest absolute Gasteiger partial charge is 0.224 e. The number of amides is 1. The minimum atomic E-state index is 0.00198. The number of nitrogens with one attached hydrogen (secondary N) is 1. The summed E-state index contributed by atoms with van der Waals surface area (Å²) in [6.07, 6.45) is 1.33. The highest BCUT2D eigenvalue weighted by molar-refractivity contribution is 5.91. The molecule has 1 aromatic carbocycles. The van der Waals surface area contributed by atoms with E-state index in [-0.39, 0.29) is 5.91 Å². The van der Waals surface area contributed by atoms with E-state index in [0.29, 0.717) is 12.1 Å². The van der Waals surface area contributed by atoms with Crippen LogP contribution in [0.25, 0.3) is 10.4 Å². The Morgan fingerprint density at radius 1 is 1.56 bits per heavy atom. The number of benzene rings is 1. The molecule has 1 amide bonds. The first kappa shape index (κ1) is 12.1. The lowest BCUT2D eigenvalue weighted by Gasteiger charge is -2.08. The summed E-state index contributed by atoms with van der Waals surface area (Å²) in [7, 11) is 0. The van der Waals surface area contributed by atoms with Gasteiger partial charge < -0.3 is 5.32 Å². The van der Waals surface area contributed by atoms with Crippen LogP contribution in [0.1, 0.15) is 25.3 Å². The molecule has 16 heavy (non-hydrogen) atoms. The number of aryl methyl sites for hydroxylation is 1. The molecular formula is C11H14N4O. The average Bonchev–Trinajstić information content (AvgIpc) is 2.23. The Bertz CT molecular complexity index is 436. The molecule has 1 N–H and O–H groups in total. The minimum absolute atomic E-state index is 0.00198. The van der Waals surface area contributed by atoms with Crippen molar-refractivity contribution in [3.8, 4) is 0 Å². The summed E-state index contributed by atoms with van der Waals surface area (Å²) in [4.78, 5) is 14.1. The largest absolute Gasteiger partial charge is 0.326 e. The van der Waals surface area contributed by atoms with Crippen molar-refractivity contribution in [3.63, 3.8) is 0 Å². The Labute approximate surface area is 94.1 Å². The van der Waals surface area contributed by atoms with Crippen molar-refractivity contribution in [1.29, 1.82) is 0 Å². The Hall–Kier alpha value is -2.00. The van der Waals surface area contributed by atoms with Crippen molar-refractivity contribution in [3.05, 3.63) is 34.2 Å². The summed E-state index contributed by atoms with van der Waals surface area (Å²) < 4.78 is 0. The Morgan fingerprint density at radius 2 is 2.31 bits per heavy atom. The van der Waals surface area contributed by atoms with Gasteiger partial charge in [-0.1, -0.05) is 18.1 Å². The lowest BCUT2D eigenvalue weighted by atomic mass is 10.1. The Balaban J connectivity index is 2.82. The molecule has 0 aliphatic heterocycles. The molecule has 0 fully saturated rings. The molecule has 0 saturated carbocycles. The van der Waals surface area contributed by atoms with Gasteiger partial charge in [-0.2, -0.15) is 0 Å². The first-order valence-corrected chi connectivity index (χ1v) is 5.13. The van der Waals surface area contributed by atoms with E-state index in [4.69, 9.17) is 5.53 Å². The van der Waals surface area contributed by atoms with Gasteiger partial charge in [-0.25, -0.2) is 0 Å². The van der Waals surface area contributed by atoms with Gasteiger partial charge in [-0.05, 0) is 36.6 Å². The van der Waals surface area contributed by atoms with Crippen LogP contribution in [-0.2, 0) is 4.79 Å². The van der Waals surface area contributed by atoms with Crippen LogP contribution in [0.15, 0.2) is 23.3 Å². The molecule has 84 valence electrons. The van der Waals surface area contributed by atoms with E-state index in [2.05, 4.69) is 15.3 Å². The summed E-state index contributed by atoms with van der Waals surface area (Å²) in [5, 5.41) is 6.30. The predicted molar refractivity (Wildman–Crippen MR) is 63.5 cm³/mol. The van der Waals surface area contributed by atoms with Gasteiger partial charge in [0, 0.05) is 22.7 Å². The van der Waals surface area contributed by atoms with Crippen molar-refractivity contribution in [2.75, 3.05) is 5.32 Å². The third-order valence-electron chi connectivity index (χ3n) is 2.12. The fourth-order valence-electron chi connectivity index (χ4n) is 1.34. The number of hydrogen-bond acceptors (Lipinski definition) is 2. The summed E-state index contributed by atoms with van der Waals surface area (Å²) in [5.41, 5.74) is 10.5. The van der Waals surface area contributed by atoms with Crippen LogP contribution >= 0.6 is 0 Å². The molecule has 0 unspecified atom stereocenters. The Kier molecular flexibility index (Phi) is 4.36. The highest BCUT2D eigenvalue weighted by atomic mass is 16.1. The van der Waals surface area contributed by atoms with Crippen molar-refractivity contribution in [2.45, 2.75) is 26.7 Å². The maximum atomic E-state index is 11.4. The van der Waals surface area contributed by atoms with Crippen LogP contribution in [0, 0.1) is 6.92 Å². The molecule has 0 aliphatic carbocycles. The quantitative estimate of drug-likeness (QED) is 0.467. The second-order valence-corrected chi connectivity index (χ2v) is 3.49. The van der Waals surface area contributed by atoms with Crippen LogP contribution in [0.3, 0.4) is 0 Å². The number of carbonyl (C=O) groups is 1. The fourth-order valence-corrected chi connectivity index (χ4v) is 1.34. The molecule has 1 rings (SSSR count). The normalized spacial score (nSPS) is 9.38. The van der Waals surface area contributed by atoms with E-state index in [1.54, 1.807) is 18.2 Å². The summed E-state index contributed by atoms with van der Waals surface area (Å²) in [6, 6.07) is 5.16. The Morgan fingerprint density at radius 3 is 2.88 bits per heavy atom. The molecule has 0 atom stereocenters. The highest BCUT2D eigenvalue weighted by Crippen LogP contribution is 2.21. The minimum Gasteiger partial charge on any atom is -0.326 e. The van der Waals surface area contributed by atoms with E-state index < -0.39 is 0 Å². The summed E-state index contributed by atoms with van der Waals surface area (Å²) >= 11 is 0. The van der Waals surface area contributed by atoms with Gasteiger partial charge >= 0.3 is 0 Å². The van der Waals surface area contributed by atoms with E-state index in [0.717, 1.165) is 17.7 Å². The van der Waals surface area contributed by atoms with Gasteiger partial charge in [-0.15, -0.1) is 0 Å². The van der Waals surface area contributed by atoms with Crippen LogP contribution in [0.4, 0.5) is 11.4 Å². The average molecular weight is 218 g/mol. The lowest BCUT2D eigenvalue weighted by molar-refractivity contribution is -0.116. The predicted octanol–water partition coefficient (Wildman–Crippen LogP) is 3.68. The molecule has 0 aliphatic rings. The van der Waals surface area contributed by atoms with Crippen LogP contribution < -0.4 is 5.32 Å². The van der Waals surface area contributed by atoms with Gasteiger partial charge in [0.25, 0.3) is 0 Å². The number of nitrogens with zero attached hydrogens (tertiary/aromatic N) is 3. The standard InChI is InChI=1S/C11H14N4O/c1-3-4-11(16)13-10-6-5-9(14-15-12)7-8(10)2/h5-7H,3-4H2,1-2H3,(H,13,16). The van der Waals surface area contributed by atoms with Gasteiger partial charge in [0.1, 0.15) is 0 Å². The second kappa shape index (κ2) is 5.78. The van der Waals surface area contributed by atoms with Crippen molar-refractivity contribution < 1.29 is 4.79 Å². The van der Waals surface area contributed by atoms with E-state index in [9.17, 15) is 4.79 Å². The van der Waals surface area contributed by atoms with Crippen LogP contribution in [0.5, 0.6) is 0 Å². The number of azide groups is 1. The summed E-state index contributed by atoms with van der Waals surface area (Å²) in [5.74, 6) is 0.00198. The molecule has 0 bridgehead atoms. The molecule has 0 heterocycles. The molecule has 0 spiro atoms. The van der Waals surface area contributed by atoms with Crippen molar-refractivity contribution in [1.82, 2.24) is 0 Å². The molecule has 5 nitrogen and oxygen atoms in total. The van der Waals surface area contributed by atoms with E-state index >= 15 is 0 Å². The monoisotopic (exact) mass is 218 g/mol.